The fourth-order valence-electron chi connectivity index (χ4n) is 3.12. The van der Waals surface area contributed by atoms with Gasteiger partial charge in [-0.15, -0.1) is 0 Å². The lowest BCUT2D eigenvalue weighted by molar-refractivity contribution is -0.144. The normalized spacial score (nSPS) is 10.9. The summed E-state index contributed by atoms with van der Waals surface area (Å²) in [5.74, 6) is -0.572. The largest absolute Gasteiger partial charge is 0.461 e. The fourth-order valence-corrected chi connectivity index (χ4v) is 3.12. The Morgan fingerprint density at radius 2 is 1.76 bits per heavy atom. The van der Waals surface area contributed by atoms with E-state index in [1.54, 1.807) is 6.07 Å². The summed E-state index contributed by atoms with van der Waals surface area (Å²) in [6.45, 7) is 5.91. The van der Waals surface area contributed by atoms with E-state index in [1.807, 2.05) is 51.1 Å². The molecule has 29 heavy (non-hydrogen) atoms. The van der Waals surface area contributed by atoms with Crippen molar-refractivity contribution in [2.45, 2.75) is 46.6 Å². The molecule has 5 heteroatoms. The summed E-state index contributed by atoms with van der Waals surface area (Å²) < 4.78 is 10.6. The maximum atomic E-state index is 12.3. The number of Topliss-reactive ketones (excluding diaryl/α,β-unsaturated/α-hetero) is 1. The first-order chi connectivity index (χ1) is 13.9. The molecular formula is C24H24O5. The Bertz CT molecular complexity index is 1120. The van der Waals surface area contributed by atoms with Gasteiger partial charge in [0, 0.05) is 29.0 Å². The molecule has 0 aliphatic carbocycles. The number of benzene rings is 2. The minimum absolute atomic E-state index is 0.00882. The van der Waals surface area contributed by atoms with Gasteiger partial charge >= 0.3 is 11.6 Å². The molecule has 0 saturated carbocycles. The molecular weight excluding hydrogens is 368 g/mol. The smallest absolute Gasteiger partial charge is 0.336 e. The van der Waals surface area contributed by atoms with E-state index in [1.165, 1.54) is 6.07 Å². The van der Waals surface area contributed by atoms with E-state index >= 15 is 0 Å². The van der Waals surface area contributed by atoms with Crippen LogP contribution in [0.4, 0.5) is 0 Å². The minimum Gasteiger partial charge on any atom is -0.461 e. The van der Waals surface area contributed by atoms with E-state index in [0.717, 1.165) is 28.5 Å². The molecule has 1 heterocycles. The molecule has 0 bridgehead atoms. The molecule has 0 N–H and O–H groups in total. The number of carbonyl (C=O) groups is 2. The summed E-state index contributed by atoms with van der Waals surface area (Å²) >= 11 is 0. The number of fused-ring (bicyclic) bond motifs is 1. The number of esters is 1. The fraction of sp³-hybridized carbons (Fsp3) is 0.292. The number of hydrogen-bond donors (Lipinski definition) is 0. The van der Waals surface area contributed by atoms with Crippen LogP contribution in [0.5, 0.6) is 0 Å². The first kappa shape index (κ1) is 20.5. The van der Waals surface area contributed by atoms with E-state index in [9.17, 15) is 14.4 Å². The third-order valence-corrected chi connectivity index (χ3v) is 5.08. The van der Waals surface area contributed by atoms with Crippen LogP contribution in [0.15, 0.2) is 51.7 Å². The van der Waals surface area contributed by atoms with Crippen LogP contribution in [0.1, 0.15) is 52.4 Å². The average Bonchev–Trinajstić information content (AvgIpc) is 2.71. The van der Waals surface area contributed by atoms with Crippen LogP contribution in [0.2, 0.25) is 0 Å². The van der Waals surface area contributed by atoms with Crippen LogP contribution in [-0.2, 0) is 22.6 Å². The molecule has 0 fully saturated rings. The molecule has 0 aliphatic rings. The molecule has 0 amide bonds. The molecule has 0 radical (unpaired) electrons. The summed E-state index contributed by atoms with van der Waals surface area (Å²) in [5, 5.41) is 0.737. The van der Waals surface area contributed by atoms with Gasteiger partial charge in [-0.05, 0) is 49.1 Å². The Kier molecular flexibility index (Phi) is 6.27. The first-order valence-corrected chi connectivity index (χ1v) is 9.69. The summed E-state index contributed by atoms with van der Waals surface area (Å²) in [6, 6.07) is 12.5. The van der Waals surface area contributed by atoms with Crippen molar-refractivity contribution in [3.8, 4) is 0 Å². The topological polar surface area (TPSA) is 73.6 Å². The molecule has 150 valence electrons. The van der Waals surface area contributed by atoms with Gasteiger partial charge in [0.15, 0.2) is 5.78 Å². The van der Waals surface area contributed by atoms with Crippen molar-refractivity contribution in [1.29, 1.82) is 0 Å². The number of carbonyl (C=O) groups excluding carboxylic acids is 2. The Labute approximate surface area is 169 Å². The Hall–Kier alpha value is -3.21. The predicted octanol–water partition coefficient (Wildman–Crippen LogP) is 4.68. The molecule has 5 nitrogen and oxygen atoms in total. The highest BCUT2D eigenvalue weighted by Gasteiger charge is 2.13. The third kappa shape index (κ3) is 4.99. The van der Waals surface area contributed by atoms with E-state index in [0.29, 0.717) is 16.7 Å². The molecule has 0 saturated heterocycles. The Morgan fingerprint density at radius 1 is 0.966 bits per heavy atom. The maximum Gasteiger partial charge on any atom is 0.336 e. The minimum atomic E-state index is -0.485. The van der Waals surface area contributed by atoms with Crippen molar-refractivity contribution in [2.24, 2.45) is 0 Å². The van der Waals surface area contributed by atoms with Crippen molar-refractivity contribution in [2.75, 3.05) is 0 Å². The van der Waals surface area contributed by atoms with Crippen LogP contribution in [-0.4, -0.2) is 11.8 Å². The highest BCUT2D eigenvalue weighted by Crippen LogP contribution is 2.20. The highest BCUT2D eigenvalue weighted by atomic mass is 16.5. The lowest BCUT2D eigenvalue weighted by Crippen LogP contribution is -2.10. The van der Waals surface area contributed by atoms with E-state index in [-0.39, 0.29) is 25.2 Å². The molecule has 3 aromatic rings. The summed E-state index contributed by atoms with van der Waals surface area (Å²) in [7, 11) is 0. The Morgan fingerprint density at radius 3 is 2.48 bits per heavy atom. The third-order valence-electron chi connectivity index (χ3n) is 5.08. The van der Waals surface area contributed by atoms with Gasteiger partial charge < -0.3 is 9.15 Å². The maximum absolute atomic E-state index is 12.3. The van der Waals surface area contributed by atoms with Crippen LogP contribution in [0.3, 0.4) is 0 Å². The van der Waals surface area contributed by atoms with Crippen molar-refractivity contribution in [3.63, 3.8) is 0 Å². The predicted molar refractivity (Wildman–Crippen MR) is 111 cm³/mol. The van der Waals surface area contributed by atoms with Crippen molar-refractivity contribution in [3.05, 3.63) is 80.7 Å². The van der Waals surface area contributed by atoms with Gasteiger partial charge in [-0.1, -0.05) is 31.2 Å². The molecule has 1 aromatic heterocycles. The van der Waals surface area contributed by atoms with Gasteiger partial charge in [0.2, 0.25) is 0 Å². The lowest BCUT2D eigenvalue weighted by Gasteiger charge is -2.08. The lowest BCUT2D eigenvalue weighted by atomic mass is 10.0. The highest BCUT2D eigenvalue weighted by molar-refractivity contribution is 5.97. The van der Waals surface area contributed by atoms with Gasteiger partial charge in [0.1, 0.15) is 12.2 Å². The van der Waals surface area contributed by atoms with Crippen molar-refractivity contribution >= 4 is 22.7 Å². The van der Waals surface area contributed by atoms with E-state index in [4.69, 9.17) is 9.15 Å². The zero-order valence-electron chi connectivity index (χ0n) is 16.9. The SMILES string of the molecule is CCc1ccc2c(COC(=O)CCC(=O)c3ccc(C)c(C)c3)cc(=O)oc2c1. The molecule has 2 aromatic carbocycles. The molecule has 0 atom stereocenters. The standard InChI is InChI=1S/C24H24O5/c1-4-17-6-8-20-19(13-24(27)29-22(20)12-17)14-28-23(26)10-9-21(25)18-7-5-15(2)16(3)11-18/h5-8,11-13H,4,9-10,14H2,1-3H3. The van der Waals surface area contributed by atoms with Gasteiger partial charge in [-0.2, -0.15) is 0 Å². The molecule has 0 aliphatic heterocycles. The quantitative estimate of drug-likeness (QED) is 0.332. The number of hydrogen-bond acceptors (Lipinski definition) is 5. The van der Waals surface area contributed by atoms with E-state index < -0.39 is 11.6 Å². The number of ketones is 1. The molecule has 0 unspecified atom stereocenters. The van der Waals surface area contributed by atoms with Crippen molar-refractivity contribution in [1.82, 2.24) is 0 Å². The monoisotopic (exact) mass is 392 g/mol. The van der Waals surface area contributed by atoms with Gasteiger partial charge in [-0.25, -0.2) is 4.79 Å². The number of rotatable bonds is 7. The van der Waals surface area contributed by atoms with Gasteiger partial charge in [0.05, 0.1) is 6.42 Å². The summed E-state index contributed by atoms with van der Waals surface area (Å²) in [5.41, 5.74) is 4.40. The second kappa shape index (κ2) is 8.86. The van der Waals surface area contributed by atoms with E-state index in [2.05, 4.69) is 0 Å². The number of aryl methyl sites for hydroxylation is 3. The zero-order chi connectivity index (χ0) is 21.0. The first-order valence-electron chi connectivity index (χ1n) is 9.69. The van der Waals surface area contributed by atoms with Crippen LogP contribution in [0.25, 0.3) is 11.0 Å². The number of ether oxygens (including phenoxy) is 1. The average molecular weight is 392 g/mol. The Balaban J connectivity index is 1.62. The van der Waals surface area contributed by atoms with Crippen LogP contribution in [0, 0.1) is 13.8 Å². The van der Waals surface area contributed by atoms with Crippen LogP contribution >= 0.6 is 0 Å². The van der Waals surface area contributed by atoms with Gasteiger partial charge in [-0.3, -0.25) is 9.59 Å². The van der Waals surface area contributed by atoms with Crippen molar-refractivity contribution < 1.29 is 18.7 Å². The second-order valence-corrected chi connectivity index (χ2v) is 7.16. The second-order valence-electron chi connectivity index (χ2n) is 7.16. The summed E-state index contributed by atoms with van der Waals surface area (Å²) in [4.78, 5) is 36.2. The van der Waals surface area contributed by atoms with Gasteiger partial charge in [0.25, 0.3) is 0 Å². The van der Waals surface area contributed by atoms with Crippen LogP contribution < -0.4 is 5.63 Å². The molecule has 0 spiro atoms. The zero-order valence-corrected chi connectivity index (χ0v) is 16.9. The summed E-state index contributed by atoms with van der Waals surface area (Å²) in [6.07, 6.45) is 0.900. The molecule has 3 rings (SSSR count).